The van der Waals surface area contributed by atoms with Gasteiger partial charge in [-0.1, -0.05) is 12.1 Å². The molecule has 17 heavy (non-hydrogen) atoms. The van der Waals surface area contributed by atoms with E-state index in [0.29, 0.717) is 0 Å². The molecule has 1 aromatic rings. The number of hydrogen-bond acceptors (Lipinski definition) is 4. The topological polar surface area (TPSA) is 83.8 Å². The fourth-order valence-electron chi connectivity index (χ4n) is 1.26. The molecule has 92 valence electrons. The summed E-state index contributed by atoms with van der Waals surface area (Å²) in [6.45, 7) is 3.43. The summed E-state index contributed by atoms with van der Waals surface area (Å²) in [7, 11) is 0. The van der Waals surface area contributed by atoms with Gasteiger partial charge in [-0.15, -0.1) is 0 Å². The molecule has 1 unspecified atom stereocenters. The number of carboxylic acid groups (broad SMARTS) is 1. The number of rotatable bonds is 4. The molecule has 1 atom stereocenters. The molecule has 0 aromatic heterocycles. The zero-order valence-corrected chi connectivity index (χ0v) is 9.58. The molecule has 5 heteroatoms. The number of ether oxygens (including phenoxy) is 1. The van der Waals surface area contributed by atoms with Crippen LogP contribution >= 0.6 is 0 Å². The van der Waals surface area contributed by atoms with E-state index in [0.717, 1.165) is 0 Å². The van der Waals surface area contributed by atoms with E-state index in [1.165, 1.54) is 24.3 Å². The number of carbonyl (C=O) groups excluding carboxylic acids is 1. The smallest absolute Gasteiger partial charge is 0.338 e. The van der Waals surface area contributed by atoms with Crippen molar-refractivity contribution in [2.75, 3.05) is 0 Å². The molecule has 0 aliphatic heterocycles. The molecule has 1 aromatic carbocycles. The summed E-state index contributed by atoms with van der Waals surface area (Å²) in [5.41, 5.74) is 0.368. The van der Waals surface area contributed by atoms with Crippen molar-refractivity contribution in [1.82, 2.24) is 0 Å². The standard InChI is InChI=1S/C12H14O5/c1-7(2)17-12(16)9-5-3-4-8(6-9)10(13)11(14)15/h3-7,10,13H,1-2H3,(H,14,15). The van der Waals surface area contributed by atoms with Crippen LogP contribution in [0.1, 0.15) is 35.9 Å². The van der Waals surface area contributed by atoms with Gasteiger partial charge in [0.1, 0.15) is 0 Å². The predicted octanol–water partition coefficient (Wildman–Crippen LogP) is 1.37. The summed E-state index contributed by atoms with van der Waals surface area (Å²) in [4.78, 5) is 22.1. The Labute approximate surface area is 98.6 Å². The van der Waals surface area contributed by atoms with Gasteiger partial charge >= 0.3 is 11.9 Å². The van der Waals surface area contributed by atoms with Crippen LogP contribution in [0.15, 0.2) is 24.3 Å². The second-order valence-electron chi connectivity index (χ2n) is 3.82. The maximum atomic E-state index is 11.5. The molecule has 0 radical (unpaired) electrons. The first-order valence-corrected chi connectivity index (χ1v) is 5.13. The van der Waals surface area contributed by atoms with Gasteiger partial charge in [0.05, 0.1) is 11.7 Å². The fraction of sp³-hybridized carbons (Fsp3) is 0.333. The summed E-state index contributed by atoms with van der Waals surface area (Å²) in [6.07, 6.45) is -1.89. The Morgan fingerprint density at radius 3 is 2.47 bits per heavy atom. The number of aliphatic hydroxyl groups excluding tert-OH is 1. The number of carbonyl (C=O) groups is 2. The molecule has 0 spiro atoms. The Morgan fingerprint density at radius 2 is 1.94 bits per heavy atom. The van der Waals surface area contributed by atoms with Crippen molar-refractivity contribution in [2.45, 2.75) is 26.1 Å². The van der Waals surface area contributed by atoms with Gasteiger partial charge in [-0.05, 0) is 31.5 Å². The first-order chi connectivity index (χ1) is 7.91. The van der Waals surface area contributed by atoms with Crippen LogP contribution < -0.4 is 0 Å². The van der Waals surface area contributed by atoms with E-state index in [-0.39, 0.29) is 17.2 Å². The zero-order valence-electron chi connectivity index (χ0n) is 9.58. The SMILES string of the molecule is CC(C)OC(=O)c1cccc(C(O)C(=O)O)c1. The summed E-state index contributed by atoms with van der Waals surface area (Å²) < 4.78 is 4.96. The van der Waals surface area contributed by atoms with Crippen LogP contribution in [0, 0.1) is 0 Å². The minimum Gasteiger partial charge on any atom is -0.479 e. The number of carboxylic acids is 1. The first-order valence-electron chi connectivity index (χ1n) is 5.13. The largest absolute Gasteiger partial charge is 0.479 e. The molecule has 1 rings (SSSR count). The lowest BCUT2D eigenvalue weighted by Crippen LogP contribution is -2.14. The molecule has 0 aliphatic rings. The normalized spacial score (nSPS) is 12.2. The average Bonchev–Trinajstić information content (AvgIpc) is 2.27. The fourth-order valence-corrected chi connectivity index (χ4v) is 1.26. The van der Waals surface area contributed by atoms with Crippen LogP contribution in [0.5, 0.6) is 0 Å². The van der Waals surface area contributed by atoms with E-state index in [4.69, 9.17) is 9.84 Å². The molecule has 0 bridgehead atoms. The number of hydrogen-bond donors (Lipinski definition) is 2. The molecular weight excluding hydrogens is 224 g/mol. The van der Waals surface area contributed by atoms with E-state index in [1.54, 1.807) is 13.8 Å². The highest BCUT2D eigenvalue weighted by molar-refractivity contribution is 5.90. The van der Waals surface area contributed by atoms with Crippen molar-refractivity contribution in [3.05, 3.63) is 35.4 Å². The Hall–Kier alpha value is -1.88. The van der Waals surface area contributed by atoms with Gasteiger partial charge in [0.25, 0.3) is 0 Å². The van der Waals surface area contributed by atoms with E-state index < -0.39 is 18.0 Å². The van der Waals surface area contributed by atoms with Crippen molar-refractivity contribution in [3.63, 3.8) is 0 Å². The molecule has 5 nitrogen and oxygen atoms in total. The Bertz CT molecular complexity index is 425. The molecule has 0 saturated carbocycles. The third-order valence-corrected chi connectivity index (χ3v) is 2.01. The van der Waals surface area contributed by atoms with Gasteiger partial charge in [0, 0.05) is 0 Å². The molecule has 0 fully saturated rings. The minimum atomic E-state index is -1.64. The van der Waals surface area contributed by atoms with Crippen LogP contribution in [0.25, 0.3) is 0 Å². The lowest BCUT2D eigenvalue weighted by Gasteiger charge is -2.10. The van der Waals surface area contributed by atoms with E-state index in [9.17, 15) is 14.7 Å². The summed E-state index contributed by atoms with van der Waals surface area (Å²) in [6, 6.07) is 5.75. The lowest BCUT2D eigenvalue weighted by molar-refractivity contribution is -0.146. The van der Waals surface area contributed by atoms with Crippen LogP contribution in [0.2, 0.25) is 0 Å². The number of esters is 1. The van der Waals surface area contributed by atoms with Crippen LogP contribution in [0.3, 0.4) is 0 Å². The van der Waals surface area contributed by atoms with Gasteiger partial charge in [0.2, 0.25) is 0 Å². The quantitative estimate of drug-likeness (QED) is 0.774. The predicted molar refractivity (Wildman–Crippen MR) is 59.6 cm³/mol. The van der Waals surface area contributed by atoms with E-state index >= 15 is 0 Å². The minimum absolute atomic E-state index is 0.149. The highest BCUT2D eigenvalue weighted by atomic mass is 16.5. The van der Waals surface area contributed by atoms with Gasteiger partial charge in [-0.3, -0.25) is 0 Å². The van der Waals surface area contributed by atoms with Crippen LogP contribution in [-0.2, 0) is 9.53 Å². The van der Waals surface area contributed by atoms with Crippen molar-refractivity contribution >= 4 is 11.9 Å². The first kappa shape index (κ1) is 13.2. The lowest BCUT2D eigenvalue weighted by atomic mass is 10.1. The average molecular weight is 238 g/mol. The van der Waals surface area contributed by atoms with Crippen LogP contribution in [-0.4, -0.2) is 28.3 Å². The molecule has 0 heterocycles. The molecule has 0 aliphatic carbocycles. The number of aliphatic carboxylic acids is 1. The highest BCUT2D eigenvalue weighted by Crippen LogP contribution is 2.15. The number of aliphatic hydroxyl groups is 1. The highest BCUT2D eigenvalue weighted by Gasteiger charge is 2.18. The molecule has 0 amide bonds. The van der Waals surface area contributed by atoms with Crippen LogP contribution in [0.4, 0.5) is 0 Å². The zero-order chi connectivity index (χ0) is 13.0. The second-order valence-corrected chi connectivity index (χ2v) is 3.82. The molecular formula is C12H14O5. The van der Waals surface area contributed by atoms with Crippen molar-refractivity contribution in [2.24, 2.45) is 0 Å². The summed E-state index contributed by atoms with van der Waals surface area (Å²) in [5, 5.41) is 18.0. The maximum Gasteiger partial charge on any atom is 0.338 e. The third-order valence-electron chi connectivity index (χ3n) is 2.01. The van der Waals surface area contributed by atoms with E-state index in [1.807, 2.05) is 0 Å². The van der Waals surface area contributed by atoms with Gasteiger partial charge in [-0.25, -0.2) is 9.59 Å². The Balaban J connectivity index is 2.93. The molecule has 0 saturated heterocycles. The monoisotopic (exact) mass is 238 g/mol. The van der Waals surface area contributed by atoms with Crippen molar-refractivity contribution in [1.29, 1.82) is 0 Å². The second kappa shape index (κ2) is 5.45. The van der Waals surface area contributed by atoms with Gasteiger partial charge in [-0.2, -0.15) is 0 Å². The Kier molecular flexibility index (Phi) is 4.23. The summed E-state index contributed by atoms with van der Waals surface area (Å²) in [5.74, 6) is -1.90. The number of benzene rings is 1. The maximum absolute atomic E-state index is 11.5. The summed E-state index contributed by atoms with van der Waals surface area (Å²) >= 11 is 0. The Morgan fingerprint density at radius 1 is 1.29 bits per heavy atom. The van der Waals surface area contributed by atoms with Gasteiger partial charge in [0.15, 0.2) is 6.10 Å². The molecule has 2 N–H and O–H groups in total. The third kappa shape index (κ3) is 3.57. The van der Waals surface area contributed by atoms with Crippen molar-refractivity contribution in [3.8, 4) is 0 Å². The van der Waals surface area contributed by atoms with Gasteiger partial charge < -0.3 is 14.9 Å². The van der Waals surface area contributed by atoms with E-state index in [2.05, 4.69) is 0 Å². The van der Waals surface area contributed by atoms with Crippen molar-refractivity contribution < 1.29 is 24.5 Å².